The van der Waals surface area contributed by atoms with Gasteiger partial charge in [0.2, 0.25) is 0 Å². The lowest BCUT2D eigenvalue weighted by Crippen LogP contribution is -2.10. The minimum absolute atomic E-state index is 0.00183. The second-order valence-electron chi connectivity index (χ2n) is 3.71. The zero-order chi connectivity index (χ0) is 11.3. The van der Waals surface area contributed by atoms with Gasteiger partial charge in [0, 0.05) is 43.6 Å². The molecule has 0 bridgehead atoms. The summed E-state index contributed by atoms with van der Waals surface area (Å²) >= 11 is 0. The Hall–Kier alpha value is -1.00. The molecule has 0 aromatic carbocycles. The molecule has 0 radical (unpaired) electrons. The van der Waals surface area contributed by atoms with Gasteiger partial charge in [-0.05, 0) is 20.3 Å². The van der Waals surface area contributed by atoms with Crippen molar-refractivity contribution < 1.29 is 4.74 Å². The summed E-state index contributed by atoms with van der Waals surface area (Å²) in [4.78, 5) is 8.71. The molecule has 4 heteroatoms. The lowest BCUT2D eigenvalue weighted by Gasteiger charge is -2.09. The van der Waals surface area contributed by atoms with E-state index in [0.717, 1.165) is 36.5 Å². The third-order valence-corrected chi connectivity index (χ3v) is 2.31. The summed E-state index contributed by atoms with van der Waals surface area (Å²) in [6.45, 7) is 4.66. The van der Waals surface area contributed by atoms with Crippen LogP contribution >= 0.6 is 0 Å². The number of hydrogen-bond donors (Lipinski definition) is 1. The first kappa shape index (κ1) is 12.1. The summed E-state index contributed by atoms with van der Waals surface area (Å²) in [7, 11) is 1.70. The number of rotatable bonds is 5. The lowest BCUT2D eigenvalue weighted by molar-refractivity contribution is 0.194. The zero-order valence-electron chi connectivity index (χ0n) is 9.66. The average Bonchev–Trinajstić information content (AvgIpc) is 2.17. The summed E-state index contributed by atoms with van der Waals surface area (Å²) < 4.78 is 4.98. The van der Waals surface area contributed by atoms with Crippen molar-refractivity contribution in [3.05, 3.63) is 23.3 Å². The molecule has 1 aromatic rings. The Morgan fingerprint density at radius 3 is 2.80 bits per heavy atom. The molecule has 0 saturated heterocycles. The van der Waals surface area contributed by atoms with Crippen LogP contribution in [0.5, 0.6) is 0 Å². The maximum Gasteiger partial charge on any atom is 0.128 e. The van der Waals surface area contributed by atoms with Gasteiger partial charge in [0.15, 0.2) is 0 Å². The van der Waals surface area contributed by atoms with Crippen molar-refractivity contribution in [3.8, 4) is 0 Å². The third kappa shape index (κ3) is 3.57. The van der Waals surface area contributed by atoms with Gasteiger partial charge in [-0.25, -0.2) is 9.97 Å². The predicted octanol–water partition coefficient (Wildman–Crippen LogP) is 1.38. The van der Waals surface area contributed by atoms with Gasteiger partial charge in [-0.1, -0.05) is 0 Å². The Labute approximate surface area is 90.9 Å². The zero-order valence-corrected chi connectivity index (χ0v) is 9.66. The first-order valence-corrected chi connectivity index (χ1v) is 5.22. The molecular formula is C11H19N3O. The van der Waals surface area contributed by atoms with Crippen LogP contribution in [0.25, 0.3) is 0 Å². The highest BCUT2D eigenvalue weighted by Gasteiger charge is 2.06. The molecule has 1 aromatic heterocycles. The molecule has 15 heavy (non-hydrogen) atoms. The van der Waals surface area contributed by atoms with E-state index in [9.17, 15) is 0 Å². The molecule has 1 atom stereocenters. The summed E-state index contributed by atoms with van der Waals surface area (Å²) in [5.74, 6) is 0.869. The number of ether oxygens (including phenoxy) is 1. The van der Waals surface area contributed by atoms with Crippen molar-refractivity contribution in [2.75, 3.05) is 13.7 Å². The molecule has 0 aliphatic rings. The molecule has 1 unspecified atom stereocenters. The molecule has 0 aliphatic heterocycles. The maximum atomic E-state index is 5.79. The van der Waals surface area contributed by atoms with Crippen molar-refractivity contribution in [3.63, 3.8) is 0 Å². The normalized spacial score (nSPS) is 12.8. The summed E-state index contributed by atoms with van der Waals surface area (Å²) in [5.41, 5.74) is 7.78. The van der Waals surface area contributed by atoms with Crippen LogP contribution in [0.15, 0.2) is 6.20 Å². The minimum Gasteiger partial charge on any atom is -0.385 e. The van der Waals surface area contributed by atoms with Gasteiger partial charge >= 0.3 is 0 Å². The van der Waals surface area contributed by atoms with Gasteiger partial charge in [-0.2, -0.15) is 0 Å². The van der Waals surface area contributed by atoms with Crippen LogP contribution in [0.4, 0.5) is 0 Å². The van der Waals surface area contributed by atoms with Gasteiger partial charge in [0.25, 0.3) is 0 Å². The molecular weight excluding hydrogens is 190 g/mol. The van der Waals surface area contributed by atoms with Gasteiger partial charge in [0.05, 0.1) is 0 Å². The quantitative estimate of drug-likeness (QED) is 0.744. The molecule has 1 rings (SSSR count). The van der Waals surface area contributed by atoms with E-state index in [1.54, 1.807) is 7.11 Å². The van der Waals surface area contributed by atoms with Crippen LogP contribution in [0, 0.1) is 6.92 Å². The first-order chi connectivity index (χ1) is 7.15. The standard InChI is InChI=1S/C11H19N3O/c1-8(12)10-7-13-11(14-9(10)2)5-4-6-15-3/h7-8H,4-6,12H2,1-3H3. The second kappa shape index (κ2) is 5.78. The molecule has 0 aliphatic carbocycles. The van der Waals surface area contributed by atoms with Crippen molar-refractivity contribution >= 4 is 0 Å². The van der Waals surface area contributed by atoms with Crippen LogP contribution in [0.2, 0.25) is 0 Å². The van der Waals surface area contributed by atoms with Crippen molar-refractivity contribution in [1.29, 1.82) is 0 Å². The average molecular weight is 209 g/mol. The van der Waals surface area contributed by atoms with Gasteiger partial charge in [-0.3, -0.25) is 0 Å². The lowest BCUT2D eigenvalue weighted by atomic mass is 10.1. The largest absolute Gasteiger partial charge is 0.385 e. The second-order valence-corrected chi connectivity index (χ2v) is 3.71. The summed E-state index contributed by atoms with van der Waals surface area (Å²) in [6, 6.07) is -0.00183. The number of nitrogens with two attached hydrogens (primary N) is 1. The third-order valence-electron chi connectivity index (χ3n) is 2.31. The Bertz CT molecular complexity index is 313. The van der Waals surface area contributed by atoms with Crippen LogP contribution in [-0.4, -0.2) is 23.7 Å². The molecule has 84 valence electrons. The van der Waals surface area contributed by atoms with E-state index in [2.05, 4.69) is 9.97 Å². The minimum atomic E-state index is -0.00183. The van der Waals surface area contributed by atoms with E-state index < -0.39 is 0 Å². The highest BCUT2D eigenvalue weighted by Crippen LogP contribution is 2.12. The predicted molar refractivity (Wildman–Crippen MR) is 59.6 cm³/mol. The molecule has 0 spiro atoms. The van der Waals surface area contributed by atoms with Crippen LogP contribution < -0.4 is 5.73 Å². The molecule has 0 fully saturated rings. The Kier molecular flexibility index (Phi) is 4.65. The highest BCUT2D eigenvalue weighted by molar-refractivity contribution is 5.19. The Morgan fingerprint density at radius 1 is 1.53 bits per heavy atom. The molecule has 0 saturated carbocycles. The van der Waals surface area contributed by atoms with Crippen molar-refractivity contribution in [2.45, 2.75) is 32.7 Å². The van der Waals surface area contributed by atoms with Gasteiger partial charge in [0.1, 0.15) is 5.82 Å². The summed E-state index contributed by atoms with van der Waals surface area (Å²) in [6.07, 6.45) is 3.64. The molecule has 0 amide bonds. The van der Waals surface area contributed by atoms with E-state index in [-0.39, 0.29) is 6.04 Å². The highest BCUT2D eigenvalue weighted by atomic mass is 16.5. The van der Waals surface area contributed by atoms with Gasteiger partial charge < -0.3 is 10.5 Å². The van der Waals surface area contributed by atoms with Crippen LogP contribution in [0.1, 0.15) is 36.5 Å². The fraction of sp³-hybridized carbons (Fsp3) is 0.636. The number of hydrogen-bond acceptors (Lipinski definition) is 4. The van der Waals surface area contributed by atoms with E-state index in [0.29, 0.717) is 0 Å². The first-order valence-electron chi connectivity index (χ1n) is 5.22. The fourth-order valence-electron chi connectivity index (χ4n) is 1.47. The topological polar surface area (TPSA) is 61.0 Å². The number of methoxy groups -OCH3 is 1. The van der Waals surface area contributed by atoms with Crippen LogP contribution in [-0.2, 0) is 11.2 Å². The SMILES string of the molecule is COCCCc1ncc(C(C)N)c(C)n1. The number of nitrogens with zero attached hydrogens (tertiary/aromatic N) is 2. The fourth-order valence-corrected chi connectivity index (χ4v) is 1.47. The smallest absolute Gasteiger partial charge is 0.128 e. The Morgan fingerprint density at radius 2 is 2.27 bits per heavy atom. The van der Waals surface area contributed by atoms with E-state index in [1.807, 2.05) is 20.0 Å². The Balaban J connectivity index is 2.65. The number of aryl methyl sites for hydroxylation is 2. The molecule has 2 N–H and O–H groups in total. The number of aromatic nitrogens is 2. The van der Waals surface area contributed by atoms with Crippen LogP contribution in [0.3, 0.4) is 0 Å². The van der Waals surface area contributed by atoms with Gasteiger partial charge in [-0.15, -0.1) is 0 Å². The van der Waals surface area contributed by atoms with E-state index >= 15 is 0 Å². The van der Waals surface area contributed by atoms with Crippen molar-refractivity contribution in [2.24, 2.45) is 5.73 Å². The monoisotopic (exact) mass is 209 g/mol. The maximum absolute atomic E-state index is 5.79. The van der Waals surface area contributed by atoms with E-state index in [4.69, 9.17) is 10.5 Å². The molecule has 1 heterocycles. The molecule has 4 nitrogen and oxygen atoms in total. The van der Waals surface area contributed by atoms with Crippen molar-refractivity contribution in [1.82, 2.24) is 9.97 Å². The summed E-state index contributed by atoms with van der Waals surface area (Å²) in [5, 5.41) is 0. The van der Waals surface area contributed by atoms with E-state index in [1.165, 1.54) is 0 Å².